The van der Waals surface area contributed by atoms with E-state index in [4.69, 9.17) is 4.74 Å². The van der Waals surface area contributed by atoms with Gasteiger partial charge in [0.2, 0.25) is 0 Å². The summed E-state index contributed by atoms with van der Waals surface area (Å²) in [5.74, 6) is 0. The zero-order valence-corrected chi connectivity index (χ0v) is 11.3. The Bertz CT molecular complexity index is 373. The fraction of sp³-hybridized carbons (Fsp3) is 0.462. The SMILES string of the molecule is CC1CNCCN1C(=O)OCc1ccccc1.Cl. The van der Waals surface area contributed by atoms with Gasteiger partial charge in [-0.05, 0) is 12.5 Å². The summed E-state index contributed by atoms with van der Waals surface area (Å²) in [6.07, 6.45) is -0.220. The van der Waals surface area contributed by atoms with Crippen molar-refractivity contribution in [3.8, 4) is 0 Å². The molecule has 4 nitrogen and oxygen atoms in total. The van der Waals surface area contributed by atoms with Crippen LogP contribution in [0, 0.1) is 0 Å². The summed E-state index contributed by atoms with van der Waals surface area (Å²) in [6.45, 7) is 4.76. The number of rotatable bonds is 2. The van der Waals surface area contributed by atoms with Crippen molar-refractivity contribution in [1.29, 1.82) is 0 Å². The van der Waals surface area contributed by atoms with Crippen molar-refractivity contribution in [3.63, 3.8) is 0 Å². The smallest absolute Gasteiger partial charge is 0.410 e. The van der Waals surface area contributed by atoms with Gasteiger partial charge in [0.15, 0.2) is 0 Å². The third-order valence-corrected chi connectivity index (χ3v) is 2.94. The van der Waals surface area contributed by atoms with Crippen LogP contribution in [0.4, 0.5) is 4.79 Å². The molecular formula is C13H19ClN2O2. The second-order valence-corrected chi connectivity index (χ2v) is 4.29. The summed E-state index contributed by atoms with van der Waals surface area (Å²) >= 11 is 0. The number of hydrogen-bond donors (Lipinski definition) is 1. The third kappa shape index (κ3) is 3.89. The quantitative estimate of drug-likeness (QED) is 0.894. The summed E-state index contributed by atoms with van der Waals surface area (Å²) in [5, 5.41) is 3.24. The van der Waals surface area contributed by atoms with Crippen LogP contribution in [0.5, 0.6) is 0 Å². The Kier molecular flexibility index (Phi) is 5.95. The fourth-order valence-corrected chi connectivity index (χ4v) is 1.91. The van der Waals surface area contributed by atoms with Gasteiger partial charge in [-0.25, -0.2) is 4.79 Å². The molecule has 0 saturated carbocycles. The molecule has 0 aromatic heterocycles. The Morgan fingerprint density at radius 2 is 2.17 bits per heavy atom. The van der Waals surface area contributed by atoms with Gasteiger partial charge in [-0.1, -0.05) is 30.3 Å². The molecule has 0 spiro atoms. The summed E-state index contributed by atoms with van der Waals surface area (Å²) in [4.78, 5) is 13.6. The number of nitrogens with one attached hydrogen (secondary N) is 1. The molecule has 100 valence electrons. The monoisotopic (exact) mass is 270 g/mol. The number of hydrogen-bond acceptors (Lipinski definition) is 3. The largest absolute Gasteiger partial charge is 0.445 e. The maximum atomic E-state index is 11.9. The van der Waals surface area contributed by atoms with Crippen molar-refractivity contribution in [2.75, 3.05) is 19.6 Å². The topological polar surface area (TPSA) is 41.6 Å². The molecule has 1 N–H and O–H groups in total. The molecule has 5 heteroatoms. The molecule has 1 aromatic carbocycles. The number of amides is 1. The predicted molar refractivity (Wildman–Crippen MR) is 72.9 cm³/mol. The summed E-state index contributed by atoms with van der Waals surface area (Å²) in [6, 6.07) is 9.94. The molecule has 1 aromatic rings. The number of nitrogens with zero attached hydrogens (tertiary/aromatic N) is 1. The predicted octanol–water partition coefficient (Wildman–Crippen LogP) is 2.04. The number of carbonyl (C=O) groups is 1. The number of ether oxygens (including phenoxy) is 1. The van der Waals surface area contributed by atoms with Gasteiger partial charge in [0.1, 0.15) is 6.61 Å². The van der Waals surface area contributed by atoms with Crippen LogP contribution in [0.1, 0.15) is 12.5 Å². The molecule has 0 bridgehead atoms. The lowest BCUT2D eigenvalue weighted by molar-refractivity contribution is 0.0759. The molecule has 0 aliphatic carbocycles. The highest BCUT2D eigenvalue weighted by Crippen LogP contribution is 2.07. The first-order chi connectivity index (χ1) is 8.27. The second kappa shape index (κ2) is 7.24. The van der Waals surface area contributed by atoms with Crippen molar-refractivity contribution in [2.24, 2.45) is 0 Å². The van der Waals surface area contributed by atoms with Crippen LogP contribution in [0.25, 0.3) is 0 Å². The van der Waals surface area contributed by atoms with Gasteiger partial charge < -0.3 is 15.0 Å². The van der Waals surface area contributed by atoms with E-state index in [2.05, 4.69) is 5.32 Å². The van der Waals surface area contributed by atoms with E-state index in [1.807, 2.05) is 37.3 Å². The van der Waals surface area contributed by atoms with E-state index in [1.165, 1.54) is 0 Å². The highest BCUT2D eigenvalue weighted by Gasteiger charge is 2.23. The molecule has 1 aliphatic rings. The van der Waals surface area contributed by atoms with Crippen LogP contribution in [0.15, 0.2) is 30.3 Å². The lowest BCUT2D eigenvalue weighted by Gasteiger charge is -2.32. The summed E-state index contributed by atoms with van der Waals surface area (Å²) in [5.41, 5.74) is 1.02. The number of halogens is 1. The first-order valence-corrected chi connectivity index (χ1v) is 5.95. The maximum absolute atomic E-state index is 11.9. The minimum atomic E-state index is -0.220. The molecule has 1 atom stereocenters. The maximum Gasteiger partial charge on any atom is 0.410 e. The van der Waals surface area contributed by atoms with Crippen LogP contribution in [-0.2, 0) is 11.3 Å². The highest BCUT2D eigenvalue weighted by atomic mass is 35.5. The van der Waals surface area contributed by atoms with E-state index in [0.29, 0.717) is 6.61 Å². The Labute approximate surface area is 114 Å². The zero-order chi connectivity index (χ0) is 12.1. The van der Waals surface area contributed by atoms with Crippen molar-refractivity contribution < 1.29 is 9.53 Å². The standard InChI is InChI=1S/C13H18N2O2.ClH/c1-11-9-14-7-8-15(11)13(16)17-10-12-5-3-2-4-6-12;/h2-6,11,14H,7-10H2,1H3;1H. The average molecular weight is 271 g/mol. The van der Waals surface area contributed by atoms with E-state index >= 15 is 0 Å². The van der Waals surface area contributed by atoms with Crippen molar-refractivity contribution in [2.45, 2.75) is 19.6 Å². The van der Waals surface area contributed by atoms with E-state index < -0.39 is 0 Å². The first kappa shape index (κ1) is 14.8. The van der Waals surface area contributed by atoms with Gasteiger partial charge in [0, 0.05) is 25.7 Å². The molecule has 2 rings (SSSR count). The Balaban J connectivity index is 0.00000162. The van der Waals surface area contributed by atoms with Gasteiger partial charge in [-0.2, -0.15) is 0 Å². The van der Waals surface area contributed by atoms with Crippen LogP contribution in [0.2, 0.25) is 0 Å². The second-order valence-electron chi connectivity index (χ2n) is 4.29. The third-order valence-electron chi connectivity index (χ3n) is 2.94. The van der Waals surface area contributed by atoms with Gasteiger partial charge in [0.05, 0.1) is 0 Å². The van der Waals surface area contributed by atoms with E-state index in [1.54, 1.807) is 4.90 Å². The molecule has 1 saturated heterocycles. The molecule has 1 unspecified atom stereocenters. The average Bonchev–Trinajstić information content (AvgIpc) is 2.38. The highest BCUT2D eigenvalue weighted by molar-refractivity contribution is 5.85. The van der Waals surface area contributed by atoms with Gasteiger partial charge >= 0.3 is 6.09 Å². The van der Waals surface area contributed by atoms with E-state index in [-0.39, 0.29) is 24.5 Å². The minimum Gasteiger partial charge on any atom is -0.445 e. The summed E-state index contributed by atoms with van der Waals surface area (Å²) in [7, 11) is 0. The Hall–Kier alpha value is -1.26. The Morgan fingerprint density at radius 3 is 2.83 bits per heavy atom. The molecular weight excluding hydrogens is 252 g/mol. The normalized spacial score (nSPS) is 18.9. The van der Waals surface area contributed by atoms with Gasteiger partial charge in [0.25, 0.3) is 0 Å². The number of carbonyl (C=O) groups excluding carboxylic acids is 1. The van der Waals surface area contributed by atoms with Crippen molar-refractivity contribution >= 4 is 18.5 Å². The van der Waals surface area contributed by atoms with Crippen LogP contribution in [0.3, 0.4) is 0 Å². The molecule has 1 heterocycles. The lowest BCUT2D eigenvalue weighted by Crippen LogP contribution is -2.52. The van der Waals surface area contributed by atoms with Crippen molar-refractivity contribution in [3.05, 3.63) is 35.9 Å². The van der Waals surface area contributed by atoms with Crippen LogP contribution < -0.4 is 5.32 Å². The zero-order valence-electron chi connectivity index (χ0n) is 10.5. The van der Waals surface area contributed by atoms with E-state index in [9.17, 15) is 4.79 Å². The number of benzene rings is 1. The number of piperazine rings is 1. The molecule has 0 radical (unpaired) electrons. The fourth-order valence-electron chi connectivity index (χ4n) is 1.91. The summed E-state index contributed by atoms with van der Waals surface area (Å²) < 4.78 is 5.30. The van der Waals surface area contributed by atoms with Gasteiger partial charge in [-0.3, -0.25) is 0 Å². The van der Waals surface area contributed by atoms with Crippen LogP contribution >= 0.6 is 12.4 Å². The van der Waals surface area contributed by atoms with Crippen LogP contribution in [-0.4, -0.2) is 36.7 Å². The molecule has 18 heavy (non-hydrogen) atoms. The minimum absolute atomic E-state index is 0. The first-order valence-electron chi connectivity index (χ1n) is 5.95. The van der Waals surface area contributed by atoms with Gasteiger partial charge in [-0.15, -0.1) is 12.4 Å². The Morgan fingerprint density at radius 1 is 1.44 bits per heavy atom. The molecule has 1 fully saturated rings. The molecule has 1 aliphatic heterocycles. The lowest BCUT2D eigenvalue weighted by atomic mass is 10.2. The van der Waals surface area contributed by atoms with E-state index in [0.717, 1.165) is 25.2 Å². The van der Waals surface area contributed by atoms with Crippen molar-refractivity contribution in [1.82, 2.24) is 10.2 Å². The molecule has 1 amide bonds.